The molecule has 19 heavy (non-hydrogen) atoms. The molecule has 5 heteroatoms. The molecule has 1 aromatic rings. The Kier molecular flexibility index (Phi) is 6.01. The summed E-state index contributed by atoms with van der Waals surface area (Å²) < 4.78 is 0. The number of carbonyl (C=O) groups is 1. The van der Waals surface area contributed by atoms with E-state index in [-0.39, 0.29) is 5.91 Å². The number of rotatable bonds is 5. The summed E-state index contributed by atoms with van der Waals surface area (Å²) >= 11 is 7.64. The van der Waals surface area contributed by atoms with Gasteiger partial charge < -0.3 is 10.2 Å². The van der Waals surface area contributed by atoms with Crippen LogP contribution in [-0.4, -0.2) is 42.7 Å². The van der Waals surface area contributed by atoms with Gasteiger partial charge in [0.1, 0.15) is 0 Å². The molecule has 2 rings (SSSR count). The highest BCUT2D eigenvalue weighted by Gasteiger charge is 2.15. The second kappa shape index (κ2) is 7.78. The van der Waals surface area contributed by atoms with E-state index in [0.717, 1.165) is 42.7 Å². The first-order chi connectivity index (χ1) is 9.25. The van der Waals surface area contributed by atoms with Crippen LogP contribution in [0.5, 0.6) is 0 Å². The number of carbonyl (C=O) groups excluding carboxylic acids is 1. The third kappa shape index (κ3) is 5.05. The van der Waals surface area contributed by atoms with Crippen molar-refractivity contribution >= 4 is 29.3 Å². The Morgan fingerprint density at radius 3 is 2.63 bits per heavy atom. The number of amides is 1. The maximum absolute atomic E-state index is 11.9. The summed E-state index contributed by atoms with van der Waals surface area (Å²) in [4.78, 5) is 13.9. The second-order valence-corrected chi connectivity index (χ2v) is 6.10. The number of halogens is 1. The van der Waals surface area contributed by atoms with E-state index in [4.69, 9.17) is 11.6 Å². The van der Waals surface area contributed by atoms with Gasteiger partial charge in [0.05, 0.1) is 0 Å². The average Bonchev–Trinajstić information content (AvgIpc) is 2.46. The highest BCUT2D eigenvalue weighted by atomic mass is 35.5. The zero-order valence-electron chi connectivity index (χ0n) is 10.9. The minimum atomic E-state index is 0.283. The van der Waals surface area contributed by atoms with Gasteiger partial charge in [-0.1, -0.05) is 23.7 Å². The van der Waals surface area contributed by atoms with E-state index in [1.54, 1.807) is 11.8 Å². The topological polar surface area (TPSA) is 32.3 Å². The zero-order valence-corrected chi connectivity index (χ0v) is 12.5. The van der Waals surface area contributed by atoms with Crippen molar-refractivity contribution in [2.24, 2.45) is 0 Å². The van der Waals surface area contributed by atoms with Gasteiger partial charge in [0.2, 0.25) is 5.91 Å². The Bertz CT molecular complexity index is 404. The third-order valence-corrected chi connectivity index (χ3v) is 4.39. The van der Waals surface area contributed by atoms with Gasteiger partial charge in [-0.15, -0.1) is 0 Å². The first-order valence-corrected chi connectivity index (χ1v) is 8.09. The van der Waals surface area contributed by atoms with E-state index >= 15 is 0 Å². The molecule has 3 nitrogen and oxygen atoms in total. The number of hydrogen-bond acceptors (Lipinski definition) is 3. The molecule has 0 aromatic heterocycles. The van der Waals surface area contributed by atoms with Gasteiger partial charge in [-0.2, -0.15) is 11.8 Å². The summed E-state index contributed by atoms with van der Waals surface area (Å²) in [6.07, 6.45) is 0.637. The standard InChI is InChI=1S/C14H19ClN2OS/c15-13-3-1-12(2-4-13)11-19-10-5-14(18)17-8-6-16-7-9-17/h1-4,16H,5-11H2. The molecule has 1 aromatic carbocycles. The Morgan fingerprint density at radius 2 is 1.95 bits per heavy atom. The number of thioether (sulfide) groups is 1. The molecule has 1 aliphatic heterocycles. The van der Waals surface area contributed by atoms with Crippen molar-refractivity contribution in [1.29, 1.82) is 0 Å². The van der Waals surface area contributed by atoms with Crippen LogP contribution in [0.15, 0.2) is 24.3 Å². The molecular weight excluding hydrogens is 280 g/mol. The van der Waals surface area contributed by atoms with Crippen LogP contribution in [0.2, 0.25) is 5.02 Å². The Morgan fingerprint density at radius 1 is 1.26 bits per heavy atom. The van der Waals surface area contributed by atoms with Crippen molar-refractivity contribution in [3.05, 3.63) is 34.9 Å². The first kappa shape index (κ1) is 14.7. The Hall–Kier alpha value is -0.710. The van der Waals surface area contributed by atoms with E-state index in [1.807, 2.05) is 29.2 Å². The van der Waals surface area contributed by atoms with Crippen molar-refractivity contribution < 1.29 is 4.79 Å². The van der Waals surface area contributed by atoms with Crippen LogP contribution in [0.1, 0.15) is 12.0 Å². The quantitative estimate of drug-likeness (QED) is 0.847. The highest BCUT2D eigenvalue weighted by Crippen LogP contribution is 2.16. The van der Waals surface area contributed by atoms with Gasteiger partial charge in [-0.05, 0) is 17.7 Å². The summed E-state index contributed by atoms with van der Waals surface area (Å²) in [7, 11) is 0. The second-order valence-electron chi connectivity index (χ2n) is 4.56. The molecule has 1 saturated heterocycles. The van der Waals surface area contributed by atoms with Gasteiger partial charge in [-0.3, -0.25) is 4.79 Å². The maximum atomic E-state index is 11.9. The molecular formula is C14H19ClN2OS. The lowest BCUT2D eigenvalue weighted by Crippen LogP contribution is -2.46. The first-order valence-electron chi connectivity index (χ1n) is 6.56. The van der Waals surface area contributed by atoms with Gasteiger partial charge in [0.15, 0.2) is 0 Å². The fourth-order valence-corrected chi connectivity index (χ4v) is 3.02. The fourth-order valence-electron chi connectivity index (χ4n) is 2.00. The van der Waals surface area contributed by atoms with Crippen molar-refractivity contribution in [2.75, 3.05) is 31.9 Å². The molecule has 0 bridgehead atoms. The van der Waals surface area contributed by atoms with Crippen LogP contribution in [0.25, 0.3) is 0 Å². The summed E-state index contributed by atoms with van der Waals surface area (Å²) in [5.41, 5.74) is 1.25. The lowest BCUT2D eigenvalue weighted by Gasteiger charge is -2.27. The van der Waals surface area contributed by atoms with Crippen LogP contribution in [0.4, 0.5) is 0 Å². The molecule has 0 unspecified atom stereocenters. The average molecular weight is 299 g/mol. The van der Waals surface area contributed by atoms with Crippen LogP contribution in [0, 0.1) is 0 Å². The molecule has 0 saturated carbocycles. The van der Waals surface area contributed by atoms with Gasteiger partial charge in [0.25, 0.3) is 0 Å². The van der Waals surface area contributed by atoms with Crippen molar-refractivity contribution in [2.45, 2.75) is 12.2 Å². The predicted molar refractivity (Wildman–Crippen MR) is 81.7 cm³/mol. The lowest BCUT2D eigenvalue weighted by molar-refractivity contribution is -0.131. The third-order valence-electron chi connectivity index (χ3n) is 3.11. The molecule has 1 fully saturated rings. The number of nitrogens with zero attached hydrogens (tertiary/aromatic N) is 1. The maximum Gasteiger partial charge on any atom is 0.223 e. The summed E-state index contributed by atoms with van der Waals surface area (Å²) in [5, 5.41) is 4.02. The molecule has 1 aliphatic rings. The van der Waals surface area contributed by atoms with Crippen LogP contribution < -0.4 is 5.32 Å². The molecule has 104 valence electrons. The largest absolute Gasteiger partial charge is 0.340 e. The van der Waals surface area contributed by atoms with Gasteiger partial charge in [-0.25, -0.2) is 0 Å². The van der Waals surface area contributed by atoms with E-state index < -0.39 is 0 Å². The molecule has 0 aliphatic carbocycles. The normalized spacial score (nSPS) is 15.5. The summed E-state index contributed by atoms with van der Waals surface area (Å²) in [6, 6.07) is 7.88. The minimum absolute atomic E-state index is 0.283. The molecule has 1 N–H and O–H groups in total. The SMILES string of the molecule is O=C(CCSCc1ccc(Cl)cc1)N1CCNCC1. The molecule has 1 heterocycles. The van der Waals surface area contributed by atoms with E-state index in [1.165, 1.54) is 5.56 Å². The van der Waals surface area contributed by atoms with E-state index in [0.29, 0.717) is 6.42 Å². The van der Waals surface area contributed by atoms with E-state index in [9.17, 15) is 4.79 Å². The predicted octanol–water partition coefficient (Wildman–Crippen LogP) is 2.40. The molecule has 0 atom stereocenters. The molecule has 0 spiro atoms. The number of hydrogen-bond donors (Lipinski definition) is 1. The van der Waals surface area contributed by atoms with E-state index in [2.05, 4.69) is 5.32 Å². The summed E-state index contributed by atoms with van der Waals surface area (Å²) in [6.45, 7) is 3.54. The van der Waals surface area contributed by atoms with Gasteiger partial charge in [0, 0.05) is 49.1 Å². The van der Waals surface area contributed by atoms with Crippen LogP contribution in [0.3, 0.4) is 0 Å². The highest BCUT2D eigenvalue weighted by molar-refractivity contribution is 7.98. The lowest BCUT2D eigenvalue weighted by atomic mass is 10.2. The minimum Gasteiger partial charge on any atom is -0.340 e. The molecule has 1 amide bonds. The molecule has 0 radical (unpaired) electrons. The fraction of sp³-hybridized carbons (Fsp3) is 0.500. The summed E-state index contributed by atoms with van der Waals surface area (Å²) in [5.74, 6) is 2.10. The smallest absolute Gasteiger partial charge is 0.223 e. The Balaban J connectivity index is 1.63. The Labute approximate surface area is 123 Å². The van der Waals surface area contributed by atoms with Crippen LogP contribution in [-0.2, 0) is 10.5 Å². The van der Waals surface area contributed by atoms with Crippen LogP contribution >= 0.6 is 23.4 Å². The number of piperazine rings is 1. The van der Waals surface area contributed by atoms with Crippen molar-refractivity contribution in [3.63, 3.8) is 0 Å². The van der Waals surface area contributed by atoms with Gasteiger partial charge >= 0.3 is 0 Å². The number of nitrogens with one attached hydrogen (secondary N) is 1. The number of benzene rings is 1. The van der Waals surface area contributed by atoms with Crippen molar-refractivity contribution in [3.8, 4) is 0 Å². The zero-order chi connectivity index (χ0) is 13.5. The van der Waals surface area contributed by atoms with Crippen molar-refractivity contribution in [1.82, 2.24) is 10.2 Å². The monoisotopic (exact) mass is 298 g/mol.